The molecule has 1 nitrogen and oxygen atoms in total. The third-order valence-electron chi connectivity index (χ3n) is 9.13. The summed E-state index contributed by atoms with van der Waals surface area (Å²) in [6.45, 7) is 2.00. The molecule has 9 aromatic rings. The Kier molecular flexibility index (Phi) is 19.7. The molecule has 60 heavy (non-hydrogen) atoms. The summed E-state index contributed by atoms with van der Waals surface area (Å²) in [7, 11) is -1.34. The maximum atomic E-state index is 8.00. The predicted molar refractivity (Wildman–Crippen MR) is 263 cm³/mol. The molecule has 0 unspecified atom stereocenters. The molecular weight excluding hydrogens is 871 g/mol. The van der Waals surface area contributed by atoms with Crippen molar-refractivity contribution in [2.45, 2.75) is 0 Å². The van der Waals surface area contributed by atoms with Gasteiger partial charge >= 0.3 is 0 Å². The topological polar surface area (TPSA) is 17.1 Å². The SMILES string of the molecule is C=O.[Ru].c1ccc(P(c2ccccc2)c2ccccc2)cc1.c1ccc(P(c2ccccc2)c2ccccc2)cc1.c1ccc(P(c2ccccc2)c2ccccc2)cc1. The Morgan fingerprint density at radius 1 is 0.183 bits per heavy atom. The van der Waals surface area contributed by atoms with Gasteiger partial charge in [0.2, 0.25) is 0 Å². The van der Waals surface area contributed by atoms with Crippen molar-refractivity contribution >= 4 is 78.3 Å². The van der Waals surface area contributed by atoms with E-state index in [0.717, 1.165) is 0 Å². The van der Waals surface area contributed by atoms with Crippen molar-refractivity contribution in [3.8, 4) is 0 Å². The molecule has 0 bridgehead atoms. The van der Waals surface area contributed by atoms with Crippen LogP contribution in [0, 0.1) is 0 Å². The molecule has 0 N–H and O–H groups in total. The van der Waals surface area contributed by atoms with Crippen molar-refractivity contribution < 1.29 is 24.3 Å². The number of carbonyl (C=O) groups is 1. The van der Waals surface area contributed by atoms with Crippen LogP contribution in [0.2, 0.25) is 0 Å². The second kappa shape index (κ2) is 25.9. The molecule has 0 aliphatic carbocycles. The molecule has 0 fully saturated rings. The number of hydrogen-bond donors (Lipinski definition) is 0. The number of rotatable bonds is 9. The smallest absolute Gasteiger partial charge is 0.106 e. The quantitative estimate of drug-likeness (QED) is 0.104. The van der Waals surface area contributed by atoms with E-state index < -0.39 is 23.8 Å². The maximum absolute atomic E-state index is 8.00. The van der Waals surface area contributed by atoms with Crippen LogP contribution >= 0.6 is 23.8 Å². The van der Waals surface area contributed by atoms with Crippen molar-refractivity contribution in [1.82, 2.24) is 0 Å². The third kappa shape index (κ3) is 13.3. The van der Waals surface area contributed by atoms with Crippen LogP contribution in [0.1, 0.15) is 0 Å². The van der Waals surface area contributed by atoms with E-state index in [4.69, 9.17) is 4.79 Å². The van der Waals surface area contributed by atoms with Gasteiger partial charge in [0.25, 0.3) is 0 Å². The van der Waals surface area contributed by atoms with Gasteiger partial charge in [-0.3, -0.25) is 0 Å². The fraction of sp³-hybridized carbons (Fsp3) is 0. The minimum Gasteiger partial charge on any atom is -0.307 e. The predicted octanol–water partition coefficient (Wildman–Crippen LogP) is 10.1. The van der Waals surface area contributed by atoms with E-state index in [1.54, 1.807) is 0 Å². The second-order valence-corrected chi connectivity index (χ2v) is 19.7. The van der Waals surface area contributed by atoms with Gasteiger partial charge in [0.15, 0.2) is 0 Å². The van der Waals surface area contributed by atoms with Crippen molar-refractivity contribution in [2.75, 3.05) is 0 Å². The summed E-state index contributed by atoms with van der Waals surface area (Å²) >= 11 is 0. The van der Waals surface area contributed by atoms with Gasteiger partial charge in [0.05, 0.1) is 0 Å². The first kappa shape index (κ1) is 45.6. The molecule has 296 valence electrons. The fourth-order valence-corrected chi connectivity index (χ4v) is 13.5. The van der Waals surface area contributed by atoms with Crippen LogP contribution in [0.15, 0.2) is 273 Å². The average Bonchev–Trinajstić information content (AvgIpc) is 3.34. The zero-order valence-electron chi connectivity index (χ0n) is 33.3. The third-order valence-corrected chi connectivity index (χ3v) is 16.5. The van der Waals surface area contributed by atoms with Crippen LogP contribution in [-0.4, -0.2) is 6.79 Å². The summed E-state index contributed by atoms with van der Waals surface area (Å²) in [4.78, 5) is 8.00. The molecule has 0 heterocycles. The van der Waals surface area contributed by atoms with Gasteiger partial charge in [0.1, 0.15) is 6.79 Å². The van der Waals surface area contributed by atoms with E-state index in [1.165, 1.54) is 47.7 Å². The summed E-state index contributed by atoms with van der Waals surface area (Å²) < 4.78 is 0. The Hall–Kier alpha value is -5.44. The Morgan fingerprint density at radius 3 is 0.350 bits per heavy atom. The minimum atomic E-state index is -0.446. The molecule has 9 aromatic carbocycles. The molecule has 0 aliphatic heterocycles. The Bertz CT molecular complexity index is 1890. The Labute approximate surface area is 373 Å². The van der Waals surface area contributed by atoms with Gasteiger partial charge in [-0.1, -0.05) is 273 Å². The second-order valence-electron chi connectivity index (χ2n) is 13.0. The molecule has 5 heteroatoms. The van der Waals surface area contributed by atoms with E-state index >= 15 is 0 Å². The van der Waals surface area contributed by atoms with Gasteiger partial charge in [-0.05, 0) is 71.5 Å². The standard InChI is InChI=1S/3C18H15P.CH2O.Ru/c3*1-4-10-16(11-5-1)19(17-12-6-2-7-13-17)18-14-8-3-9-15-18;1-2;/h3*1-15H;1H2;. The van der Waals surface area contributed by atoms with Crippen LogP contribution in [0.3, 0.4) is 0 Å². The fourth-order valence-electron chi connectivity index (χ4n) is 6.54. The Balaban J connectivity index is 0.000000166. The summed E-state index contributed by atoms with van der Waals surface area (Å²) in [6.07, 6.45) is 0. The summed E-state index contributed by atoms with van der Waals surface area (Å²) in [5.74, 6) is 0. The molecule has 0 spiro atoms. The zero-order valence-corrected chi connectivity index (χ0v) is 37.7. The van der Waals surface area contributed by atoms with Gasteiger partial charge in [0, 0.05) is 19.5 Å². The summed E-state index contributed by atoms with van der Waals surface area (Å²) in [5, 5.41) is 12.6. The van der Waals surface area contributed by atoms with Crippen molar-refractivity contribution in [3.05, 3.63) is 273 Å². The molecule has 0 radical (unpaired) electrons. The number of carbonyl (C=O) groups excluding carboxylic acids is 1. The van der Waals surface area contributed by atoms with Crippen LogP contribution in [0.25, 0.3) is 0 Å². The first-order valence-corrected chi connectivity index (χ1v) is 23.5. The zero-order chi connectivity index (χ0) is 40.7. The monoisotopic (exact) mass is 918 g/mol. The van der Waals surface area contributed by atoms with E-state index in [9.17, 15) is 0 Å². The average molecular weight is 918 g/mol. The normalized spacial score (nSPS) is 10.1. The van der Waals surface area contributed by atoms with E-state index in [-0.39, 0.29) is 19.5 Å². The van der Waals surface area contributed by atoms with Crippen molar-refractivity contribution in [1.29, 1.82) is 0 Å². The van der Waals surface area contributed by atoms with Gasteiger partial charge in [-0.25, -0.2) is 0 Å². The molecule has 0 amide bonds. The maximum Gasteiger partial charge on any atom is 0.106 e. The molecule has 0 atom stereocenters. The first-order valence-electron chi connectivity index (χ1n) is 19.5. The van der Waals surface area contributed by atoms with Crippen LogP contribution in [-0.2, 0) is 24.3 Å². The first-order chi connectivity index (χ1) is 29.3. The molecule has 0 saturated carbocycles. The van der Waals surface area contributed by atoms with E-state index in [2.05, 4.69) is 273 Å². The summed E-state index contributed by atoms with van der Waals surface area (Å²) in [5.41, 5.74) is 0. The van der Waals surface area contributed by atoms with Crippen molar-refractivity contribution in [2.24, 2.45) is 0 Å². The van der Waals surface area contributed by atoms with Crippen molar-refractivity contribution in [3.63, 3.8) is 0 Å². The van der Waals surface area contributed by atoms with E-state index in [1.807, 2.05) is 6.79 Å². The molecule has 0 saturated heterocycles. The minimum absolute atomic E-state index is 0. The Morgan fingerprint density at radius 2 is 0.267 bits per heavy atom. The largest absolute Gasteiger partial charge is 0.307 e. The van der Waals surface area contributed by atoms with Gasteiger partial charge in [-0.2, -0.15) is 0 Å². The molecule has 0 aliphatic rings. The molecule has 9 rings (SSSR count). The number of benzene rings is 9. The molecular formula is C55H47OP3Ru. The number of hydrogen-bond acceptors (Lipinski definition) is 1. The van der Waals surface area contributed by atoms with Gasteiger partial charge in [-0.15, -0.1) is 0 Å². The van der Waals surface area contributed by atoms with Gasteiger partial charge < -0.3 is 4.79 Å². The summed E-state index contributed by atoms with van der Waals surface area (Å²) in [6, 6.07) is 97.0. The molecule has 0 aromatic heterocycles. The van der Waals surface area contributed by atoms with Crippen LogP contribution < -0.4 is 47.7 Å². The van der Waals surface area contributed by atoms with E-state index in [0.29, 0.717) is 0 Å². The van der Waals surface area contributed by atoms with Crippen LogP contribution in [0.4, 0.5) is 0 Å². The van der Waals surface area contributed by atoms with Crippen LogP contribution in [0.5, 0.6) is 0 Å².